The number of aryl methyl sites for hydroxylation is 1. The van der Waals surface area contributed by atoms with Crippen LogP contribution >= 0.6 is 0 Å². The Kier molecular flexibility index (Phi) is 7.12. The summed E-state index contributed by atoms with van der Waals surface area (Å²) in [5, 5.41) is 0. The Balaban J connectivity index is 0.00000200. The van der Waals surface area contributed by atoms with Gasteiger partial charge >= 0.3 is 58.4 Å². The first-order chi connectivity index (χ1) is 8.86. The Bertz CT molecular complexity index is 443. The fraction of sp³-hybridized carbons (Fsp3) is 0.571. The molecule has 1 aliphatic rings. The summed E-state index contributed by atoms with van der Waals surface area (Å²) < 4.78 is 43.7. The van der Waals surface area contributed by atoms with E-state index in [4.69, 9.17) is 4.74 Å². The monoisotopic (exact) mass is 310 g/mol. The fourth-order valence-electron chi connectivity index (χ4n) is 2.54. The van der Waals surface area contributed by atoms with Gasteiger partial charge in [0, 0.05) is 0 Å². The molecule has 0 atom stereocenters. The minimum Gasteiger partial charge on any atom is -0.490 e. The molecule has 0 unspecified atom stereocenters. The molecular formula is C14H19BF3KO. The second kappa shape index (κ2) is 7.68. The van der Waals surface area contributed by atoms with Crippen LogP contribution in [0.1, 0.15) is 38.2 Å². The molecule has 0 spiro atoms. The molecule has 1 saturated carbocycles. The SMILES string of the molecule is Cc1cc([B-](F)(F)F)ccc1OC1CCC(C)CC1.[K+]. The van der Waals surface area contributed by atoms with Crippen molar-refractivity contribution >= 4 is 12.4 Å². The normalized spacial score (nSPS) is 23.1. The van der Waals surface area contributed by atoms with Gasteiger partial charge in [0.15, 0.2) is 0 Å². The smallest absolute Gasteiger partial charge is 0.490 e. The zero-order valence-corrected chi connectivity index (χ0v) is 15.5. The fourth-order valence-corrected chi connectivity index (χ4v) is 2.54. The summed E-state index contributed by atoms with van der Waals surface area (Å²) in [7, 11) is 0. The van der Waals surface area contributed by atoms with E-state index in [9.17, 15) is 12.9 Å². The minimum absolute atomic E-state index is 0. The van der Waals surface area contributed by atoms with Gasteiger partial charge in [-0.1, -0.05) is 19.1 Å². The van der Waals surface area contributed by atoms with Crippen LogP contribution in [0.15, 0.2) is 18.2 Å². The Morgan fingerprint density at radius 1 is 1.10 bits per heavy atom. The summed E-state index contributed by atoms with van der Waals surface area (Å²) in [4.78, 5) is 0. The van der Waals surface area contributed by atoms with Gasteiger partial charge in [0.05, 0.1) is 6.10 Å². The third-order valence-corrected chi connectivity index (χ3v) is 3.83. The molecule has 1 aliphatic carbocycles. The van der Waals surface area contributed by atoms with Crippen LogP contribution in [0.2, 0.25) is 0 Å². The molecule has 0 heterocycles. The number of hydrogen-bond acceptors (Lipinski definition) is 1. The predicted octanol–water partition coefficient (Wildman–Crippen LogP) is 1.01. The summed E-state index contributed by atoms with van der Waals surface area (Å²) in [6.45, 7) is -1.03. The van der Waals surface area contributed by atoms with Gasteiger partial charge in [0.25, 0.3) is 0 Å². The maximum atomic E-state index is 12.6. The van der Waals surface area contributed by atoms with Gasteiger partial charge in [-0.3, -0.25) is 0 Å². The van der Waals surface area contributed by atoms with Crippen molar-refractivity contribution in [1.82, 2.24) is 0 Å². The molecule has 0 N–H and O–H groups in total. The minimum atomic E-state index is -4.93. The molecular weight excluding hydrogens is 291 g/mol. The van der Waals surface area contributed by atoms with E-state index in [2.05, 4.69) is 6.92 Å². The van der Waals surface area contributed by atoms with Gasteiger partial charge < -0.3 is 17.7 Å². The zero-order valence-electron chi connectivity index (χ0n) is 12.3. The van der Waals surface area contributed by atoms with Crippen LogP contribution in [0.5, 0.6) is 5.75 Å². The van der Waals surface area contributed by atoms with Gasteiger partial charge in [-0.15, -0.1) is 5.46 Å². The molecule has 0 saturated heterocycles. The van der Waals surface area contributed by atoms with Crippen molar-refractivity contribution in [2.24, 2.45) is 5.92 Å². The van der Waals surface area contributed by atoms with Crippen LogP contribution in [0.25, 0.3) is 0 Å². The first-order valence-corrected chi connectivity index (χ1v) is 6.83. The maximum Gasteiger partial charge on any atom is 1.00 e. The molecule has 0 bridgehead atoms. The number of hydrogen-bond donors (Lipinski definition) is 0. The van der Waals surface area contributed by atoms with Gasteiger partial charge in [-0.05, 0) is 50.2 Å². The molecule has 0 aliphatic heterocycles. The van der Waals surface area contributed by atoms with Crippen LogP contribution in [0.4, 0.5) is 12.9 Å². The average Bonchev–Trinajstić information content (AvgIpc) is 2.33. The second-order valence-corrected chi connectivity index (χ2v) is 5.60. The number of halogens is 3. The summed E-state index contributed by atoms with van der Waals surface area (Å²) in [5.74, 6) is 1.32. The number of ether oxygens (including phenoxy) is 1. The van der Waals surface area contributed by atoms with Gasteiger partial charge in [-0.25, -0.2) is 0 Å². The molecule has 1 nitrogen and oxygen atoms in total. The molecule has 106 valence electrons. The van der Waals surface area contributed by atoms with Crippen molar-refractivity contribution in [3.8, 4) is 5.75 Å². The van der Waals surface area contributed by atoms with Gasteiger partial charge in [0.1, 0.15) is 5.75 Å². The van der Waals surface area contributed by atoms with Crippen LogP contribution in [-0.4, -0.2) is 13.1 Å². The van der Waals surface area contributed by atoms with Crippen molar-refractivity contribution < 1.29 is 69.1 Å². The second-order valence-electron chi connectivity index (χ2n) is 5.60. The third-order valence-electron chi connectivity index (χ3n) is 3.83. The summed E-state index contributed by atoms with van der Waals surface area (Å²) in [5.41, 5.74) is 0.0115. The first-order valence-electron chi connectivity index (χ1n) is 6.83. The standard InChI is InChI=1S/C14H19BF3O.K/c1-10-3-6-13(7-4-10)19-14-8-5-12(9-11(14)2)15(16,17)18;/h5,8-10,13H,3-4,6-7H2,1-2H3;/q-1;+1. The van der Waals surface area contributed by atoms with E-state index in [1.54, 1.807) is 6.92 Å². The van der Waals surface area contributed by atoms with E-state index < -0.39 is 12.4 Å². The summed E-state index contributed by atoms with van der Waals surface area (Å²) in [6.07, 6.45) is 4.40. The van der Waals surface area contributed by atoms with E-state index in [1.165, 1.54) is 12.1 Å². The third kappa shape index (κ3) is 5.05. The van der Waals surface area contributed by atoms with Crippen LogP contribution < -0.4 is 61.6 Å². The maximum absolute atomic E-state index is 12.6. The van der Waals surface area contributed by atoms with Gasteiger partial charge in [0.2, 0.25) is 0 Å². The number of benzene rings is 1. The first kappa shape index (κ1) is 18.6. The molecule has 6 heteroatoms. The Morgan fingerprint density at radius 2 is 1.70 bits per heavy atom. The topological polar surface area (TPSA) is 9.23 Å². The van der Waals surface area contributed by atoms with Crippen molar-refractivity contribution in [2.45, 2.75) is 45.6 Å². The van der Waals surface area contributed by atoms with Gasteiger partial charge in [-0.2, -0.15) is 0 Å². The quantitative estimate of drug-likeness (QED) is 0.757. The Hall–Kier alpha value is 0.511. The van der Waals surface area contributed by atoms with Crippen LogP contribution in [0.3, 0.4) is 0 Å². The Morgan fingerprint density at radius 3 is 2.20 bits per heavy atom. The van der Waals surface area contributed by atoms with Crippen LogP contribution in [0, 0.1) is 12.8 Å². The van der Waals surface area contributed by atoms with Crippen molar-refractivity contribution in [1.29, 1.82) is 0 Å². The summed E-state index contributed by atoms with van der Waals surface area (Å²) >= 11 is 0. The predicted molar refractivity (Wildman–Crippen MR) is 71.9 cm³/mol. The average molecular weight is 310 g/mol. The largest absolute Gasteiger partial charge is 1.00 e. The molecule has 2 rings (SSSR count). The molecule has 1 aromatic rings. The molecule has 0 aromatic heterocycles. The number of rotatable bonds is 3. The zero-order chi connectivity index (χ0) is 14.0. The van der Waals surface area contributed by atoms with E-state index in [0.717, 1.165) is 37.7 Å². The molecule has 0 radical (unpaired) electrons. The molecule has 1 aromatic carbocycles. The van der Waals surface area contributed by atoms with Crippen LogP contribution in [-0.2, 0) is 0 Å². The van der Waals surface area contributed by atoms with Crippen molar-refractivity contribution in [2.75, 3.05) is 0 Å². The van der Waals surface area contributed by atoms with Crippen molar-refractivity contribution in [3.63, 3.8) is 0 Å². The van der Waals surface area contributed by atoms with E-state index >= 15 is 0 Å². The molecule has 1 fully saturated rings. The summed E-state index contributed by atoms with van der Waals surface area (Å²) in [6, 6.07) is 3.76. The van der Waals surface area contributed by atoms with Crippen molar-refractivity contribution in [3.05, 3.63) is 23.8 Å². The van der Waals surface area contributed by atoms with E-state index in [1.807, 2.05) is 0 Å². The van der Waals surface area contributed by atoms with E-state index in [-0.39, 0.29) is 57.5 Å². The molecule has 20 heavy (non-hydrogen) atoms. The molecule has 0 amide bonds. The van der Waals surface area contributed by atoms with E-state index in [0.29, 0.717) is 11.3 Å². The Labute approximate surface area is 161 Å².